The molecule has 1 aliphatic rings. The third-order valence-corrected chi connectivity index (χ3v) is 4.14. The summed E-state index contributed by atoms with van der Waals surface area (Å²) in [5.41, 5.74) is 1.99. The molecule has 0 fully saturated rings. The lowest BCUT2D eigenvalue weighted by atomic mass is 10.0. The van der Waals surface area contributed by atoms with Crippen molar-refractivity contribution in [3.8, 4) is 11.3 Å². The lowest BCUT2D eigenvalue weighted by Crippen LogP contribution is -2.06. The van der Waals surface area contributed by atoms with Crippen LogP contribution in [0.3, 0.4) is 0 Å². The number of rotatable bonds is 2. The number of fused-ring (bicyclic) bond motifs is 3. The number of aromatic nitrogens is 2. The van der Waals surface area contributed by atoms with Crippen molar-refractivity contribution < 1.29 is 18.0 Å². The summed E-state index contributed by atoms with van der Waals surface area (Å²) >= 11 is 0. The molecular formula is C18H11F3N2O. The van der Waals surface area contributed by atoms with Crippen molar-refractivity contribution in [2.45, 2.75) is 12.6 Å². The van der Waals surface area contributed by atoms with Gasteiger partial charge in [0.15, 0.2) is 5.78 Å². The Bertz CT molecular complexity index is 943. The van der Waals surface area contributed by atoms with Crippen LogP contribution in [-0.2, 0) is 12.6 Å². The molecule has 3 aromatic rings. The molecular weight excluding hydrogens is 317 g/mol. The van der Waals surface area contributed by atoms with Crippen LogP contribution in [0.1, 0.15) is 32.7 Å². The first-order valence-electron chi connectivity index (χ1n) is 7.32. The van der Waals surface area contributed by atoms with E-state index in [4.69, 9.17) is 0 Å². The highest BCUT2D eigenvalue weighted by atomic mass is 19.4. The number of hydrogen-bond donors (Lipinski definition) is 1. The van der Waals surface area contributed by atoms with Crippen molar-refractivity contribution in [1.82, 2.24) is 10.2 Å². The fourth-order valence-electron chi connectivity index (χ4n) is 2.99. The van der Waals surface area contributed by atoms with Crippen LogP contribution in [0.15, 0.2) is 48.5 Å². The predicted molar refractivity (Wildman–Crippen MR) is 81.7 cm³/mol. The van der Waals surface area contributed by atoms with Gasteiger partial charge < -0.3 is 0 Å². The molecule has 4 rings (SSSR count). The number of alkyl halides is 3. The number of carbonyl (C=O) groups excluding carboxylic acids is 1. The summed E-state index contributed by atoms with van der Waals surface area (Å²) in [7, 11) is 0. The van der Waals surface area contributed by atoms with Gasteiger partial charge in [-0.15, -0.1) is 0 Å². The second kappa shape index (κ2) is 5.06. The van der Waals surface area contributed by atoms with Crippen molar-refractivity contribution >= 4 is 5.78 Å². The molecule has 0 bridgehead atoms. The van der Waals surface area contributed by atoms with Crippen LogP contribution in [0.5, 0.6) is 0 Å². The van der Waals surface area contributed by atoms with E-state index in [1.807, 2.05) is 30.3 Å². The normalized spacial score (nSPS) is 13.0. The highest BCUT2D eigenvalue weighted by Gasteiger charge is 2.36. The van der Waals surface area contributed by atoms with E-state index in [2.05, 4.69) is 10.2 Å². The van der Waals surface area contributed by atoms with Gasteiger partial charge in [0, 0.05) is 17.5 Å². The summed E-state index contributed by atoms with van der Waals surface area (Å²) in [5.74, 6) is -0.284. The fraction of sp³-hybridized carbons (Fsp3) is 0.111. The summed E-state index contributed by atoms with van der Waals surface area (Å²) < 4.78 is 38.7. The van der Waals surface area contributed by atoms with E-state index in [9.17, 15) is 18.0 Å². The van der Waals surface area contributed by atoms with Crippen molar-refractivity contribution in [1.29, 1.82) is 0 Å². The number of hydrogen-bond acceptors (Lipinski definition) is 2. The van der Waals surface area contributed by atoms with Crippen LogP contribution in [0.25, 0.3) is 11.3 Å². The monoisotopic (exact) mass is 328 g/mol. The number of H-pyrrole nitrogens is 1. The van der Waals surface area contributed by atoms with Gasteiger partial charge in [-0.1, -0.05) is 30.3 Å². The molecule has 24 heavy (non-hydrogen) atoms. The smallest absolute Gasteiger partial charge is 0.288 e. The van der Waals surface area contributed by atoms with Crippen LogP contribution < -0.4 is 0 Å². The Kier molecular flexibility index (Phi) is 3.09. The lowest BCUT2D eigenvalue weighted by molar-refractivity contribution is -0.137. The van der Waals surface area contributed by atoms with Gasteiger partial charge in [-0.25, -0.2) is 0 Å². The zero-order valence-corrected chi connectivity index (χ0v) is 12.3. The van der Waals surface area contributed by atoms with Gasteiger partial charge in [-0.3, -0.25) is 9.89 Å². The van der Waals surface area contributed by atoms with Crippen molar-refractivity contribution in [3.63, 3.8) is 0 Å². The summed E-state index contributed by atoms with van der Waals surface area (Å²) in [6, 6.07) is 12.7. The molecule has 1 aliphatic carbocycles. The van der Waals surface area contributed by atoms with Gasteiger partial charge >= 0.3 is 6.18 Å². The average Bonchev–Trinajstić information content (AvgIpc) is 3.08. The lowest BCUT2D eigenvalue weighted by Gasteiger charge is -2.07. The zero-order valence-electron chi connectivity index (χ0n) is 12.3. The molecule has 0 saturated heterocycles. The summed E-state index contributed by atoms with van der Waals surface area (Å²) in [5, 5.41) is 6.90. The first-order chi connectivity index (χ1) is 11.4. The van der Waals surface area contributed by atoms with Crippen LogP contribution in [0, 0.1) is 0 Å². The Morgan fingerprint density at radius 2 is 1.75 bits per heavy atom. The fourth-order valence-corrected chi connectivity index (χ4v) is 2.99. The van der Waals surface area contributed by atoms with E-state index >= 15 is 0 Å². The number of halogens is 3. The topological polar surface area (TPSA) is 45.8 Å². The van der Waals surface area contributed by atoms with Crippen molar-refractivity contribution in [2.75, 3.05) is 0 Å². The predicted octanol–water partition coefficient (Wildman–Crippen LogP) is 4.23. The molecule has 0 amide bonds. The molecule has 6 heteroatoms. The van der Waals surface area contributed by atoms with Crippen molar-refractivity contribution in [2.24, 2.45) is 0 Å². The van der Waals surface area contributed by atoms with Gasteiger partial charge in [0.25, 0.3) is 0 Å². The molecule has 1 N–H and O–H groups in total. The van der Waals surface area contributed by atoms with Gasteiger partial charge in [0.05, 0.1) is 16.8 Å². The van der Waals surface area contributed by atoms with Gasteiger partial charge in [-0.05, 0) is 23.8 Å². The molecule has 1 heterocycles. The minimum atomic E-state index is -4.45. The summed E-state index contributed by atoms with van der Waals surface area (Å²) in [4.78, 5) is 12.6. The molecule has 0 aliphatic heterocycles. The maximum absolute atomic E-state index is 12.9. The van der Waals surface area contributed by atoms with E-state index in [0.29, 0.717) is 23.4 Å². The molecule has 1 aromatic heterocycles. The maximum Gasteiger partial charge on any atom is 0.416 e. The number of aromatic amines is 1. The Morgan fingerprint density at radius 3 is 2.46 bits per heavy atom. The Labute approximate surface area is 135 Å². The number of ketones is 1. The first-order valence-corrected chi connectivity index (χ1v) is 7.32. The standard InChI is InChI=1S/C18H11F3N2O/c19-18(20,21)11-6-7-12-13(9-11)16-15(17(12)24)14(22-23-16)8-10-4-2-1-3-5-10/h1-7,9H,8H2,(H,22,23). The van der Waals surface area contributed by atoms with Crippen LogP contribution in [0.2, 0.25) is 0 Å². The quantitative estimate of drug-likeness (QED) is 0.598. The molecule has 0 saturated carbocycles. The van der Waals surface area contributed by atoms with Gasteiger partial charge in [0.1, 0.15) is 5.69 Å². The Morgan fingerprint density at radius 1 is 1.00 bits per heavy atom. The number of carbonyl (C=O) groups is 1. The first kappa shape index (κ1) is 14.7. The highest BCUT2D eigenvalue weighted by Crippen LogP contribution is 2.40. The molecule has 120 valence electrons. The average molecular weight is 328 g/mol. The third kappa shape index (κ3) is 2.22. The minimum Gasteiger partial charge on any atom is -0.288 e. The minimum absolute atomic E-state index is 0.236. The highest BCUT2D eigenvalue weighted by molar-refractivity contribution is 6.21. The Balaban J connectivity index is 1.79. The third-order valence-electron chi connectivity index (χ3n) is 4.14. The van der Waals surface area contributed by atoms with E-state index < -0.39 is 11.7 Å². The maximum atomic E-state index is 12.9. The zero-order chi connectivity index (χ0) is 16.9. The van der Waals surface area contributed by atoms with E-state index in [-0.39, 0.29) is 16.9 Å². The van der Waals surface area contributed by atoms with Crippen molar-refractivity contribution in [3.05, 3.63) is 76.5 Å². The molecule has 3 nitrogen and oxygen atoms in total. The van der Waals surface area contributed by atoms with Crippen LogP contribution >= 0.6 is 0 Å². The summed E-state index contributed by atoms with van der Waals surface area (Å²) in [6.07, 6.45) is -3.99. The molecule has 0 radical (unpaired) electrons. The van der Waals surface area contributed by atoms with E-state index in [1.54, 1.807) is 0 Å². The van der Waals surface area contributed by atoms with E-state index in [1.165, 1.54) is 6.07 Å². The summed E-state index contributed by atoms with van der Waals surface area (Å²) in [6.45, 7) is 0. The molecule has 0 spiro atoms. The molecule has 0 unspecified atom stereocenters. The number of benzene rings is 2. The molecule has 0 atom stereocenters. The van der Waals surface area contributed by atoms with Crippen LogP contribution in [-0.4, -0.2) is 16.0 Å². The Hall–Kier alpha value is -2.89. The largest absolute Gasteiger partial charge is 0.416 e. The van der Waals surface area contributed by atoms with Gasteiger partial charge in [0.2, 0.25) is 0 Å². The SMILES string of the molecule is O=C1c2ccc(C(F)(F)F)cc2-c2n[nH]c(Cc3ccccc3)c21. The van der Waals surface area contributed by atoms with Crippen LogP contribution in [0.4, 0.5) is 13.2 Å². The molecule has 2 aromatic carbocycles. The number of nitrogens with one attached hydrogen (secondary N) is 1. The second-order valence-electron chi connectivity index (χ2n) is 5.68. The second-order valence-corrected chi connectivity index (χ2v) is 5.68. The number of nitrogens with zero attached hydrogens (tertiary/aromatic N) is 1. The van der Waals surface area contributed by atoms with Gasteiger partial charge in [-0.2, -0.15) is 18.3 Å². The van der Waals surface area contributed by atoms with E-state index in [0.717, 1.165) is 17.7 Å².